The first kappa shape index (κ1) is 17.4. The van der Waals surface area contributed by atoms with Crippen LogP contribution in [0.1, 0.15) is 0 Å². The first-order chi connectivity index (χ1) is 11.0. The monoisotopic (exact) mass is 353 g/mol. The molecule has 1 saturated heterocycles. The molecule has 23 heavy (non-hydrogen) atoms. The summed E-state index contributed by atoms with van der Waals surface area (Å²) in [6.45, 7) is 0.0980. The third kappa shape index (κ3) is 4.73. The molecule has 0 aromatic heterocycles. The van der Waals surface area contributed by atoms with Gasteiger partial charge in [-0.25, -0.2) is 0 Å². The van der Waals surface area contributed by atoms with Crippen LogP contribution in [-0.2, 0) is 14.4 Å². The Morgan fingerprint density at radius 2 is 2.09 bits per heavy atom. The van der Waals surface area contributed by atoms with E-state index in [1.54, 1.807) is 18.2 Å². The molecule has 1 aromatic carbocycles. The molecular formula is C14H15N3O4S2. The third-order valence-corrected chi connectivity index (χ3v) is 4.58. The summed E-state index contributed by atoms with van der Waals surface area (Å²) >= 11 is 2.45. The summed E-state index contributed by atoms with van der Waals surface area (Å²) in [5, 5.41) is 4.55. The zero-order valence-electron chi connectivity index (χ0n) is 12.3. The number of nitrogens with zero attached hydrogens (tertiary/aromatic N) is 1. The molecule has 0 aliphatic carbocycles. The number of anilines is 1. The fourth-order valence-corrected chi connectivity index (χ4v) is 3.06. The van der Waals surface area contributed by atoms with Gasteiger partial charge in [-0.1, -0.05) is 17.8 Å². The third-order valence-electron chi connectivity index (χ3n) is 3.00. The molecule has 122 valence electrons. The molecule has 0 saturated carbocycles. The largest absolute Gasteiger partial charge is 0.346 e. The summed E-state index contributed by atoms with van der Waals surface area (Å²) in [4.78, 5) is 48.3. The van der Waals surface area contributed by atoms with Crippen LogP contribution in [0.25, 0.3) is 0 Å². The summed E-state index contributed by atoms with van der Waals surface area (Å²) in [6.07, 6.45) is 1.91. The van der Waals surface area contributed by atoms with E-state index in [0.717, 1.165) is 21.6 Å². The van der Waals surface area contributed by atoms with Gasteiger partial charge in [0.1, 0.15) is 0 Å². The summed E-state index contributed by atoms with van der Waals surface area (Å²) in [5.74, 6) is -1.77. The Balaban J connectivity index is 1.79. The van der Waals surface area contributed by atoms with E-state index in [2.05, 4.69) is 10.6 Å². The van der Waals surface area contributed by atoms with Gasteiger partial charge in [0.15, 0.2) is 0 Å². The number of thioether (sulfide) groups is 2. The Kier molecular flexibility index (Phi) is 6.05. The fourth-order valence-electron chi connectivity index (χ4n) is 1.85. The minimum atomic E-state index is -0.814. The van der Waals surface area contributed by atoms with E-state index in [9.17, 15) is 19.2 Å². The van der Waals surface area contributed by atoms with E-state index in [4.69, 9.17) is 0 Å². The maximum Gasteiger partial charge on any atom is 0.313 e. The lowest BCUT2D eigenvalue weighted by Gasteiger charge is -2.13. The van der Waals surface area contributed by atoms with Gasteiger partial charge in [-0.05, 0) is 24.5 Å². The second-order valence-corrected chi connectivity index (χ2v) is 6.35. The van der Waals surface area contributed by atoms with Crippen LogP contribution in [0.2, 0.25) is 0 Å². The predicted molar refractivity (Wildman–Crippen MR) is 89.4 cm³/mol. The molecule has 1 aliphatic rings. The molecule has 0 radical (unpaired) electrons. The molecule has 0 bridgehead atoms. The Hall–Kier alpha value is -2.00. The van der Waals surface area contributed by atoms with Gasteiger partial charge in [0.25, 0.3) is 5.24 Å². The Bertz CT molecular complexity index is 635. The molecule has 0 unspecified atom stereocenters. The predicted octanol–water partition coefficient (Wildman–Crippen LogP) is 1.16. The van der Waals surface area contributed by atoms with Crippen molar-refractivity contribution in [2.45, 2.75) is 4.90 Å². The SMILES string of the molecule is CSc1cccc(NC(=O)C(=O)NCCN2C(=O)CSC2=O)c1. The Morgan fingerprint density at radius 1 is 1.30 bits per heavy atom. The van der Waals surface area contributed by atoms with E-state index in [1.807, 2.05) is 12.3 Å². The highest BCUT2D eigenvalue weighted by Gasteiger charge is 2.29. The molecule has 0 spiro atoms. The van der Waals surface area contributed by atoms with Crippen molar-refractivity contribution < 1.29 is 19.2 Å². The van der Waals surface area contributed by atoms with Gasteiger partial charge in [0, 0.05) is 23.7 Å². The zero-order chi connectivity index (χ0) is 16.8. The van der Waals surface area contributed by atoms with Crippen molar-refractivity contribution in [1.29, 1.82) is 0 Å². The number of nitrogens with one attached hydrogen (secondary N) is 2. The van der Waals surface area contributed by atoms with Crippen molar-refractivity contribution in [3.8, 4) is 0 Å². The second kappa shape index (κ2) is 8.02. The maximum atomic E-state index is 11.8. The number of hydrogen-bond acceptors (Lipinski definition) is 6. The number of amides is 4. The lowest BCUT2D eigenvalue weighted by Crippen LogP contribution is -2.41. The van der Waals surface area contributed by atoms with Crippen molar-refractivity contribution >= 4 is 52.2 Å². The minimum Gasteiger partial charge on any atom is -0.346 e. The van der Waals surface area contributed by atoms with Crippen LogP contribution in [0.15, 0.2) is 29.2 Å². The second-order valence-electron chi connectivity index (χ2n) is 4.54. The molecular weight excluding hydrogens is 338 g/mol. The molecule has 2 N–H and O–H groups in total. The van der Waals surface area contributed by atoms with Crippen LogP contribution < -0.4 is 10.6 Å². The summed E-state index contributed by atoms with van der Waals surface area (Å²) < 4.78 is 0. The molecule has 1 aromatic rings. The average Bonchev–Trinajstić information content (AvgIpc) is 2.86. The van der Waals surface area contributed by atoms with Gasteiger partial charge < -0.3 is 10.6 Å². The first-order valence-corrected chi connectivity index (χ1v) is 8.92. The first-order valence-electron chi connectivity index (χ1n) is 6.71. The molecule has 0 atom stereocenters. The Labute approximate surface area is 141 Å². The lowest BCUT2D eigenvalue weighted by molar-refractivity contribution is -0.136. The van der Waals surface area contributed by atoms with Gasteiger partial charge in [-0.15, -0.1) is 11.8 Å². The van der Waals surface area contributed by atoms with E-state index in [-0.39, 0.29) is 30.0 Å². The molecule has 1 heterocycles. The number of hydrogen-bond donors (Lipinski definition) is 2. The van der Waals surface area contributed by atoms with Gasteiger partial charge in [0.05, 0.1) is 5.75 Å². The van der Waals surface area contributed by atoms with Crippen LogP contribution in [0.3, 0.4) is 0 Å². The normalized spacial score (nSPS) is 14.0. The summed E-state index contributed by atoms with van der Waals surface area (Å²) in [5.41, 5.74) is 0.526. The average molecular weight is 353 g/mol. The molecule has 1 aliphatic heterocycles. The molecule has 4 amide bonds. The zero-order valence-corrected chi connectivity index (χ0v) is 14.0. The van der Waals surface area contributed by atoms with Gasteiger partial charge >= 0.3 is 11.8 Å². The van der Waals surface area contributed by atoms with E-state index < -0.39 is 11.8 Å². The van der Waals surface area contributed by atoms with Crippen LogP contribution >= 0.6 is 23.5 Å². The van der Waals surface area contributed by atoms with E-state index in [0.29, 0.717) is 5.69 Å². The number of benzene rings is 1. The minimum absolute atomic E-state index is 0.0369. The van der Waals surface area contributed by atoms with Crippen molar-refractivity contribution in [2.75, 3.05) is 30.4 Å². The number of imide groups is 1. The molecule has 1 fully saturated rings. The summed E-state index contributed by atoms with van der Waals surface area (Å²) in [6, 6.07) is 7.11. The maximum absolute atomic E-state index is 11.8. The quantitative estimate of drug-likeness (QED) is 0.609. The number of carbonyl (C=O) groups excluding carboxylic acids is 4. The van der Waals surface area contributed by atoms with Crippen LogP contribution in [0.4, 0.5) is 10.5 Å². The van der Waals surface area contributed by atoms with E-state index >= 15 is 0 Å². The van der Waals surface area contributed by atoms with Crippen LogP contribution in [0.5, 0.6) is 0 Å². The van der Waals surface area contributed by atoms with Crippen molar-refractivity contribution in [3.05, 3.63) is 24.3 Å². The van der Waals surface area contributed by atoms with Crippen LogP contribution in [0, 0.1) is 0 Å². The van der Waals surface area contributed by atoms with Gasteiger partial charge in [0.2, 0.25) is 5.91 Å². The highest BCUT2D eigenvalue weighted by molar-refractivity contribution is 8.14. The number of rotatable bonds is 5. The van der Waals surface area contributed by atoms with Crippen molar-refractivity contribution in [3.63, 3.8) is 0 Å². The molecule has 2 rings (SSSR count). The lowest BCUT2D eigenvalue weighted by atomic mass is 10.3. The van der Waals surface area contributed by atoms with Gasteiger partial charge in [-0.3, -0.25) is 24.1 Å². The standard InChI is InChI=1S/C14H15N3O4S2/c1-22-10-4-2-3-9(7-10)16-13(20)12(19)15-5-6-17-11(18)8-23-14(17)21/h2-4,7H,5-6,8H2,1H3,(H,15,19)(H,16,20). The summed E-state index contributed by atoms with van der Waals surface area (Å²) in [7, 11) is 0. The van der Waals surface area contributed by atoms with Crippen LogP contribution in [-0.4, -0.2) is 53.0 Å². The topological polar surface area (TPSA) is 95.6 Å². The fraction of sp³-hybridized carbons (Fsp3) is 0.286. The highest BCUT2D eigenvalue weighted by atomic mass is 32.2. The Morgan fingerprint density at radius 3 is 2.74 bits per heavy atom. The smallest absolute Gasteiger partial charge is 0.313 e. The van der Waals surface area contributed by atoms with Crippen molar-refractivity contribution in [2.24, 2.45) is 0 Å². The number of carbonyl (C=O) groups is 4. The van der Waals surface area contributed by atoms with E-state index in [1.165, 1.54) is 11.8 Å². The highest BCUT2D eigenvalue weighted by Crippen LogP contribution is 2.19. The van der Waals surface area contributed by atoms with Gasteiger partial charge in [-0.2, -0.15) is 0 Å². The molecule has 9 heteroatoms. The molecule has 7 nitrogen and oxygen atoms in total. The van der Waals surface area contributed by atoms with Crippen molar-refractivity contribution in [1.82, 2.24) is 10.2 Å².